The van der Waals surface area contributed by atoms with Crippen LogP contribution in [0.2, 0.25) is 0 Å². The lowest BCUT2D eigenvalue weighted by atomic mass is 9.99. The molecule has 130 valence electrons. The van der Waals surface area contributed by atoms with Crippen LogP contribution in [0.15, 0.2) is 36.4 Å². The molecule has 1 atom stereocenters. The van der Waals surface area contributed by atoms with Gasteiger partial charge in [-0.3, -0.25) is 4.79 Å². The van der Waals surface area contributed by atoms with Crippen molar-refractivity contribution in [3.63, 3.8) is 0 Å². The van der Waals surface area contributed by atoms with Crippen molar-refractivity contribution in [3.8, 4) is 22.9 Å². The number of nitriles is 1. The molecule has 0 saturated heterocycles. The number of halogens is 1. The van der Waals surface area contributed by atoms with Crippen molar-refractivity contribution in [1.82, 2.24) is 5.32 Å². The molecule has 0 fully saturated rings. The lowest BCUT2D eigenvalue weighted by Gasteiger charge is -2.17. The smallest absolute Gasteiger partial charge is 0.298 e. The summed E-state index contributed by atoms with van der Waals surface area (Å²) < 4.78 is 19.5. The van der Waals surface area contributed by atoms with Gasteiger partial charge in [-0.05, 0) is 36.4 Å². The molecule has 0 bridgehead atoms. The maximum Gasteiger partial charge on any atom is 0.298 e. The van der Waals surface area contributed by atoms with E-state index in [4.69, 9.17) is 10.00 Å². The molecule has 0 saturated carbocycles. The first-order chi connectivity index (χ1) is 12.0. The van der Waals surface area contributed by atoms with Gasteiger partial charge in [-0.15, -0.1) is 0 Å². The second-order valence-electron chi connectivity index (χ2n) is 5.78. The van der Waals surface area contributed by atoms with Gasteiger partial charge in [0.05, 0.1) is 17.8 Å². The molecule has 0 aliphatic rings. The van der Waals surface area contributed by atoms with Crippen LogP contribution in [-0.4, -0.2) is 33.7 Å². The second kappa shape index (κ2) is 8.27. The van der Waals surface area contributed by atoms with Gasteiger partial charge in [-0.2, -0.15) is 5.26 Å². The van der Waals surface area contributed by atoms with E-state index in [9.17, 15) is 9.18 Å². The fourth-order valence-corrected chi connectivity index (χ4v) is 2.55. The van der Waals surface area contributed by atoms with Gasteiger partial charge < -0.3 is 15.0 Å². The summed E-state index contributed by atoms with van der Waals surface area (Å²) in [5.41, 5.74) is 2.54. The van der Waals surface area contributed by atoms with E-state index < -0.39 is 0 Å². The van der Waals surface area contributed by atoms with Crippen LogP contribution < -0.4 is 15.0 Å². The zero-order chi connectivity index (χ0) is 18.4. The fourth-order valence-electron chi connectivity index (χ4n) is 2.55. The summed E-state index contributed by atoms with van der Waals surface area (Å²) in [6.07, 6.45) is 0.430. The van der Waals surface area contributed by atoms with E-state index in [1.165, 1.54) is 6.07 Å². The van der Waals surface area contributed by atoms with Gasteiger partial charge in [-0.25, -0.2) is 4.39 Å². The maximum absolute atomic E-state index is 14.6. The number of carbonyl (C=O) groups excluding carboxylic acids is 1. The Morgan fingerprint density at radius 1 is 1.32 bits per heavy atom. The Bertz CT molecular complexity index is 800. The number of likely N-dealkylation sites (N-methyl/N-ethyl adjacent to an activating group) is 1. The van der Waals surface area contributed by atoms with Crippen LogP contribution in [0, 0.1) is 17.1 Å². The van der Waals surface area contributed by atoms with Crippen LogP contribution in [0.25, 0.3) is 11.1 Å². The predicted octanol–water partition coefficient (Wildman–Crippen LogP) is 2.75. The Hall–Kier alpha value is -2.91. The van der Waals surface area contributed by atoms with E-state index in [2.05, 4.69) is 11.4 Å². The number of hydrogen-bond acceptors (Lipinski definition) is 5. The highest BCUT2D eigenvalue weighted by molar-refractivity contribution is 5.74. The van der Waals surface area contributed by atoms with E-state index in [0.717, 1.165) is 5.56 Å². The molecule has 1 unspecified atom stereocenters. The number of nitrogens with zero attached hydrogens (tertiary/aromatic N) is 2. The Labute approximate surface area is 146 Å². The standard InChI is InChI=1S/C19H20FN3O2/c1-22-15(11-21)8-13-4-6-16(17(20)9-13)14-5-7-19(25-12-24)18(10-14)23(2)3/h4-7,9-10,12,15,22H,8H2,1-3H3. The number of benzene rings is 2. The van der Waals surface area contributed by atoms with E-state index in [1.807, 2.05) is 20.2 Å². The van der Waals surface area contributed by atoms with Crippen molar-refractivity contribution in [1.29, 1.82) is 5.26 Å². The van der Waals surface area contributed by atoms with Crippen LogP contribution >= 0.6 is 0 Å². The third-order valence-corrected chi connectivity index (χ3v) is 3.90. The average Bonchev–Trinajstić information content (AvgIpc) is 2.60. The molecule has 0 spiro atoms. The highest BCUT2D eigenvalue weighted by atomic mass is 19.1. The molecule has 1 N–H and O–H groups in total. The van der Waals surface area contributed by atoms with Crippen LogP contribution in [0.1, 0.15) is 5.56 Å². The monoisotopic (exact) mass is 341 g/mol. The van der Waals surface area contributed by atoms with Crippen molar-refractivity contribution >= 4 is 12.2 Å². The Kier molecular flexibility index (Phi) is 6.09. The van der Waals surface area contributed by atoms with Gasteiger partial charge in [0, 0.05) is 26.1 Å². The molecule has 2 aromatic rings. The van der Waals surface area contributed by atoms with Crippen LogP contribution in [-0.2, 0) is 11.2 Å². The Balaban J connectivity index is 2.37. The SMILES string of the molecule is CNC(C#N)Cc1ccc(-c2ccc(OC=O)c(N(C)C)c2)c(F)c1. The van der Waals surface area contributed by atoms with Crippen molar-refractivity contribution < 1.29 is 13.9 Å². The molecule has 6 heteroatoms. The molecular formula is C19H20FN3O2. The topological polar surface area (TPSA) is 65.4 Å². The zero-order valence-corrected chi connectivity index (χ0v) is 14.4. The van der Waals surface area contributed by atoms with E-state index >= 15 is 0 Å². The first-order valence-electron chi connectivity index (χ1n) is 7.77. The quantitative estimate of drug-likeness (QED) is 0.785. The number of anilines is 1. The highest BCUT2D eigenvalue weighted by Gasteiger charge is 2.13. The first kappa shape index (κ1) is 18.4. The predicted molar refractivity (Wildman–Crippen MR) is 95.0 cm³/mol. The lowest BCUT2D eigenvalue weighted by molar-refractivity contribution is -0.120. The summed E-state index contributed by atoms with van der Waals surface area (Å²) in [5, 5.41) is 11.9. The molecule has 25 heavy (non-hydrogen) atoms. The molecule has 0 amide bonds. The minimum Gasteiger partial charge on any atom is -0.427 e. The summed E-state index contributed by atoms with van der Waals surface area (Å²) in [7, 11) is 5.33. The van der Waals surface area contributed by atoms with Crippen molar-refractivity contribution in [2.24, 2.45) is 0 Å². The molecule has 0 aliphatic heterocycles. The number of nitrogens with one attached hydrogen (secondary N) is 1. The van der Waals surface area contributed by atoms with E-state index in [-0.39, 0.29) is 11.9 Å². The second-order valence-corrected chi connectivity index (χ2v) is 5.78. The molecule has 5 nitrogen and oxygen atoms in total. The summed E-state index contributed by atoms with van der Waals surface area (Å²) in [5.74, 6) is 0.0470. The third-order valence-electron chi connectivity index (χ3n) is 3.90. The molecule has 0 radical (unpaired) electrons. The molecule has 0 aliphatic carbocycles. The molecule has 2 aromatic carbocycles. The summed E-state index contributed by atoms with van der Waals surface area (Å²) >= 11 is 0. The van der Waals surface area contributed by atoms with Crippen LogP contribution in [0.5, 0.6) is 5.75 Å². The van der Waals surface area contributed by atoms with Crippen molar-refractivity contribution in [2.45, 2.75) is 12.5 Å². The zero-order valence-electron chi connectivity index (χ0n) is 14.4. The minimum atomic E-state index is -0.362. The minimum absolute atomic E-state index is 0.356. The molecule has 0 heterocycles. The summed E-state index contributed by atoms with van der Waals surface area (Å²) in [4.78, 5) is 12.4. The van der Waals surface area contributed by atoms with Gasteiger partial charge in [0.25, 0.3) is 6.47 Å². The fraction of sp³-hybridized carbons (Fsp3) is 0.263. The maximum atomic E-state index is 14.6. The Morgan fingerprint density at radius 3 is 2.64 bits per heavy atom. The third kappa shape index (κ3) is 4.34. The first-order valence-corrected chi connectivity index (χ1v) is 7.77. The Morgan fingerprint density at radius 2 is 2.08 bits per heavy atom. The van der Waals surface area contributed by atoms with E-state index in [0.29, 0.717) is 35.5 Å². The van der Waals surface area contributed by atoms with Gasteiger partial charge in [0.1, 0.15) is 5.82 Å². The van der Waals surface area contributed by atoms with Crippen LogP contribution in [0.4, 0.5) is 10.1 Å². The van der Waals surface area contributed by atoms with Gasteiger partial charge >= 0.3 is 0 Å². The molecular weight excluding hydrogens is 321 g/mol. The van der Waals surface area contributed by atoms with E-state index in [1.54, 1.807) is 36.2 Å². The average molecular weight is 341 g/mol. The van der Waals surface area contributed by atoms with Gasteiger partial charge in [0.15, 0.2) is 5.75 Å². The summed E-state index contributed by atoms with van der Waals surface area (Å²) in [6, 6.07) is 11.8. The largest absolute Gasteiger partial charge is 0.427 e. The number of ether oxygens (including phenoxy) is 1. The molecule has 2 rings (SSSR count). The number of hydrogen-bond donors (Lipinski definition) is 1. The normalized spacial score (nSPS) is 11.5. The molecule has 0 aromatic heterocycles. The lowest BCUT2D eigenvalue weighted by Crippen LogP contribution is -2.25. The van der Waals surface area contributed by atoms with Gasteiger partial charge in [-0.1, -0.05) is 18.2 Å². The van der Waals surface area contributed by atoms with Gasteiger partial charge in [0.2, 0.25) is 0 Å². The number of carbonyl (C=O) groups is 1. The van der Waals surface area contributed by atoms with Crippen LogP contribution in [0.3, 0.4) is 0 Å². The summed E-state index contributed by atoms with van der Waals surface area (Å²) in [6.45, 7) is 0.366. The number of rotatable bonds is 7. The van der Waals surface area contributed by atoms with Crippen molar-refractivity contribution in [2.75, 3.05) is 26.0 Å². The van der Waals surface area contributed by atoms with Crippen molar-refractivity contribution in [3.05, 3.63) is 47.8 Å². The highest BCUT2D eigenvalue weighted by Crippen LogP contribution is 2.33.